The lowest BCUT2D eigenvalue weighted by Crippen LogP contribution is -2.39. The molecule has 0 radical (unpaired) electrons. The normalized spacial score (nSPS) is 10.6. The molecule has 0 spiro atoms. The first-order valence-electron chi connectivity index (χ1n) is 8.96. The number of hydrogen-bond acceptors (Lipinski definition) is 7. The molecule has 8 nitrogen and oxygen atoms in total. The van der Waals surface area contributed by atoms with Crippen molar-refractivity contribution in [3.8, 4) is 5.75 Å². The van der Waals surface area contributed by atoms with Gasteiger partial charge in [-0.05, 0) is 37.6 Å². The van der Waals surface area contributed by atoms with Crippen molar-refractivity contribution < 1.29 is 28.5 Å². The topological polar surface area (TPSA) is 102 Å². The standard InChI is InChI=1S/C21H20N2O6/c1-4-28-21(25)19-17(12-29-20(24)15-8-6-5-7-13(15)2)22-16-10-9-14(27-3)11-18(16)23(19)26/h5-11H,4,12H2,1-3H3. The lowest BCUT2D eigenvalue weighted by Gasteiger charge is -2.12. The van der Waals surface area contributed by atoms with E-state index in [2.05, 4.69) is 4.98 Å². The molecule has 1 aromatic heterocycles. The van der Waals surface area contributed by atoms with Crippen LogP contribution in [0, 0.1) is 12.1 Å². The van der Waals surface area contributed by atoms with E-state index in [0.29, 0.717) is 21.6 Å². The fraction of sp³-hybridized carbons (Fsp3) is 0.238. The lowest BCUT2D eigenvalue weighted by atomic mass is 10.1. The number of fused-ring (bicyclic) bond motifs is 1. The molecule has 3 aromatic rings. The van der Waals surface area contributed by atoms with Gasteiger partial charge in [0.25, 0.3) is 0 Å². The molecular weight excluding hydrogens is 376 g/mol. The molecule has 0 aliphatic rings. The average molecular weight is 396 g/mol. The van der Waals surface area contributed by atoms with Crippen molar-refractivity contribution in [2.24, 2.45) is 0 Å². The predicted octanol–water partition coefficient (Wildman–Crippen LogP) is 2.72. The summed E-state index contributed by atoms with van der Waals surface area (Å²) >= 11 is 0. The van der Waals surface area contributed by atoms with E-state index in [1.807, 2.05) is 6.07 Å². The van der Waals surface area contributed by atoms with Crippen molar-refractivity contribution in [3.63, 3.8) is 0 Å². The highest BCUT2D eigenvalue weighted by atomic mass is 16.5. The molecule has 150 valence electrons. The molecule has 0 aliphatic carbocycles. The van der Waals surface area contributed by atoms with Gasteiger partial charge < -0.3 is 19.4 Å². The van der Waals surface area contributed by atoms with Crippen molar-refractivity contribution >= 4 is 23.0 Å². The van der Waals surface area contributed by atoms with Crippen molar-refractivity contribution in [3.05, 3.63) is 70.2 Å². The summed E-state index contributed by atoms with van der Waals surface area (Å²) in [6.07, 6.45) is 0. The molecule has 2 aromatic carbocycles. The van der Waals surface area contributed by atoms with E-state index < -0.39 is 11.9 Å². The maximum absolute atomic E-state index is 12.9. The van der Waals surface area contributed by atoms with Crippen LogP contribution in [0.25, 0.3) is 11.0 Å². The van der Waals surface area contributed by atoms with Crippen LogP contribution in [-0.4, -0.2) is 30.6 Å². The van der Waals surface area contributed by atoms with E-state index in [1.165, 1.54) is 13.2 Å². The first-order valence-corrected chi connectivity index (χ1v) is 8.96. The van der Waals surface area contributed by atoms with Gasteiger partial charge in [0.1, 0.15) is 17.9 Å². The molecular formula is C21H20N2O6. The zero-order valence-corrected chi connectivity index (χ0v) is 16.3. The van der Waals surface area contributed by atoms with Gasteiger partial charge in [-0.1, -0.05) is 18.2 Å². The average Bonchev–Trinajstić information content (AvgIpc) is 2.72. The minimum atomic E-state index is -0.846. The molecule has 8 heteroatoms. The second kappa shape index (κ2) is 8.55. The SMILES string of the molecule is CCOC(=O)c1c(COC(=O)c2ccccc2C)nc2ccc(OC)cc2[n+]1[O-]. The maximum Gasteiger partial charge on any atom is 0.407 e. The number of nitrogens with zero attached hydrogens (tertiary/aromatic N) is 2. The lowest BCUT2D eigenvalue weighted by molar-refractivity contribution is -0.581. The Kier molecular flexibility index (Phi) is 5.92. The number of carbonyl (C=O) groups excluding carboxylic acids is 2. The minimum Gasteiger partial charge on any atom is -0.618 e. The second-order valence-corrected chi connectivity index (χ2v) is 6.17. The smallest absolute Gasteiger partial charge is 0.407 e. The number of hydrogen-bond donors (Lipinski definition) is 0. The van der Waals surface area contributed by atoms with E-state index in [1.54, 1.807) is 44.2 Å². The van der Waals surface area contributed by atoms with Crippen LogP contribution < -0.4 is 9.47 Å². The monoisotopic (exact) mass is 396 g/mol. The third-order valence-electron chi connectivity index (χ3n) is 4.31. The highest BCUT2D eigenvalue weighted by Gasteiger charge is 2.29. The van der Waals surface area contributed by atoms with E-state index in [-0.39, 0.29) is 30.1 Å². The van der Waals surface area contributed by atoms with Crippen molar-refractivity contribution in [2.75, 3.05) is 13.7 Å². The van der Waals surface area contributed by atoms with E-state index in [9.17, 15) is 14.8 Å². The Morgan fingerprint density at radius 3 is 2.55 bits per heavy atom. The van der Waals surface area contributed by atoms with Gasteiger partial charge in [-0.3, -0.25) is 0 Å². The van der Waals surface area contributed by atoms with Crippen LogP contribution in [0.5, 0.6) is 5.75 Å². The minimum absolute atomic E-state index is 0.0121. The highest BCUT2D eigenvalue weighted by Crippen LogP contribution is 2.19. The Bertz CT molecular complexity index is 1080. The quantitative estimate of drug-likeness (QED) is 0.359. The number of aryl methyl sites for hydroxylation is 1. The largest absolute Gasteiger partial charge is 0.618 e. The van der Waals surface area contributed by atoms with Crippen LogP contribution in [0.1, 0.15) is 39.0 Å². The fourth-order valence-electron chi connectivity index (χ4n) is 2.84. The van der Waals surface area contributed by atoms with E-state index in [4.69, 9.17) is 14.2 Å². The Hall–Kier alpha value is -3.68. The molecule has 0 saturated carbocycles. The summed E-state index contributed by atoms with van der Waals surface area (Å²) in [6, 6.07) is 11.7. The summed E-state index contributed by atoms with van der Waals surface area (Å²) in [6.45, 7) is 3.14. The van der Waals surface area contributed by atoms with Gasteiger partial charge in [-0.15, -0.1) is 0 Å². The van der Waals surface area contributed by atoms with Crippen LogP contribution in [0.3, 0.4) is 0 Å². The van der Waals surface area contributed by atoms with Gasteiger partial charge in [-0.2, -0.15) is 4.73 Å². The van der Waals surface area contributed by atoms with E-state index in [0.717, 1.165) is 5.56 Å². The zero-order valence-electron chi connectivity index (χ0n) is 16.3. The number of rotatable bonds is 6. The molecule has 0 saturated heterocycles. The maximum atomic E-state index is 12.9. The van der Waals surface area contributed by atoms with Gasteiger partial charge in [0.05, 0.1) is 25.3 Å². The molecule has 1 heterocycles. The summed E-state index contributed by atoms with van der Waals surface area (Å²) in [4.78, 5) is 29.2. The van der Waals surface area contributed by atoms with Gasteiger partial charge in [0.2, 0.25) is 5.52 Å². The Labute approximate surface area is 167 Å². The molecule has 29 heavy (non-hydrogen) atoms. The summed E-state index contributed by atoms with van der Waals surface area (Å²) in [7, 11) is 1.47. The van der Waals surface area contributed by atoms with Crippen molar-refractivity contribution in [1.82, 2.24) is 4.98 Å². The predicted molar refractivity (Wildman–Crippen MR) is 104 cm³/mol. The van der Waals surface area contributed by atoms with Gasteiger partial charge in [0, 0.05) is 0 Å². The first kappa shape index (κ1) is 20.1. The van der Waals surface area contributed by atoms with E-state index >= 15 is 0 Å². The zero-order chi connectivity index (χ0) is 21.0. The van der Waals surface area contributed by atoms with Gasteiger partial charge in [0.15, 0.2) is 5.69 Å². The Morgan fingerprint density at radius 1 is 1.10 bits per heavy atom. The molecule has 0 bridgehead atoms. The molecule has 0 amide bonds. The van der Waals surface area contributed by atoms with Crippen LogP contribution in [0.4, 0.5) is 0 Å². The summed E-state index contributed by atoms with van der Waals surface area (Å²) in [5, 5.41) is 12.9. The molecule has 0 atom stereocenters. The number of ether oxygens (including phenoxy) is 3. The van der Waals surface area contributed by atoms with Gasteiger partial charge in [-0.25, -0.2) is 14.6 Å². The van der Waals surface area contributed by atoms with Gasteiger partial charge >= 0.3 is 17.6 Å². The summed E-state index contributed by atoms with van der Waals surface area (Å²) in [5.74, 6) is -0.980. The first-order chi connectivity index (χ1) is 14.0. The Morgan fingerprint density at radius 2 is 1.86 bits per heavy atom. The van der Waals surface area contributed by atoms with Crippen LogP contribution in [-0.2, 0) is 16.1 Å². The fourth-order valence-corrected chi connectivity index (χ4v) is 2.84. The summed E-state index contributed by atoms with van der Waals surface area (Å²) < 4.78 is 15.9. The third-order valence-corrected chi connectivity index (χ3v) is 4.31. The molecule has 0 unspecified atom stereocenters. The highest BCUT2D eigenvalue weighted by molar-refractivity contribution is 5.91. The molecule has 3 rings (SSSR count). The van der Waals surface area contributed by atoms with Crippen molar-refractivity contribution in [1.29, 1.82) is 0 Å². The Balaban J connectivity index is 2.01. The number of carbonyl (C=O) groups is 2. The van der Waals surface area contributed by atoms with Crippen LogP contribution in [0.2, 0.25) is 0 Å². The second-order valence-electron chi connectivity index (χ2n) is 6.17. The number of methoxy groups -OCH3 is 1. The van der Waals surface area contributed by atoms with Crippen molar-refractivity contribution in [2.45, 2.75) is 20.5 Å². The molecule has 0 fully saturated rings. The molecule has 0 aliphatic heterocycles. The number of aromatic nitrogens is 2. The van der Waals surface area contributed by atoms with Crippen LogP contribution in [0.15, 0.2) is 42.5 Å². The number of esters is 2. The molecule has 0 N–H and O–H groups in total. The number of benzene rings is 2. The summed E-state index contributed by atoms with van der Waals surface area (Å²) in [5.41, 5.74) is 1.30. The third kappa shape index (κ3) is 4.11. The van der Waals surface area contributed by atoms with Crippen LogP contribution >= 0.6 is 0 Å².